The summed E-state index contributed by atoms with van der Waals surface area (Å²) in [4.78, 5) is 57.4. The molecule has 0 spiro atoms. The number of methoxy groups -OCH3 is 1. The summed E-state index contributed by atoms with van der Waals surface area (Å²) in [5.74, 6) is -0.319. The van der Waals surface area contributed by atoms with E-state index in [9.17, 15) is 19.2 Å². The van der Waals surface area contributed by atoms with Crippen LogP contribution >= 0.6 is 0 Å². The van der Waals surface area contributed by atoms with Crippen LogP contribution in [0.25, 0.3) is 0 Å². The quantitative estimate of drug-likeness (QED) is 0.675. The maximum atomic E-state index is 13.1. The van der Waals surface area contributed by atoms with E-state index in [1.165, 1.54) is 7.11 Å². The van der Waals surface area contributed by atoms with Gasteiger partial charge in [-0.1, -0.05) is 0 Å². The number of aryl methyl sites for hydroxylation is 1. The molecule has 3 heterocycles. The molecule has 3 rings (SSSR count). The Labute approximate surface area is 187 Å². The summed E-state index contributed by atoms with van der Waals surface area (Å²) in [5.41, 5.74) is 0.127. The Bertz CT molecular complexity index is 897. The van der Waals surface area contributed by atoms with Crippen LogP contribution in [0.2, 0.25) is 0 Å². The molecule has 0 aliphatic carbocycles. The number of aromatic nitrogens is 2. The minimum absolute atomic E-state index is 0.00345. The lowest BCUT2D eigenvalue weighted by atomic mass is 10.0. The highest BCUT2D eigenvalue weighted by molar-refractivity contribution is 5.89. The third kappa shape index (κ3) is 5.20. The van der Waals surface area contributed by atoms with E-state index in [1.807, 2.05) is 4.90 Å². The van der Waals surface area contributed by atoms with Crippen molar-refractivity contribution < 1.29 is 28.7 Å². The first-order valence-electron chi connectivity index (χ1n) is 10.7. The lowest BCUT2D eigenvalue weighted by Crippen LogP contribution is -2.54. The molecular formula is C21H31N5O6. The van der Waals surface area contributed by atoms with Crippen LogP contribution in [0.5, 0.6) is 0 Å². The molecule has 1 N–H and O–H groups in total. The number of hydrogen-bond donors (Lipinski definition) is 1. The van der Waals surface area contributed by atoms with Gasteiger partial charge in [-0.25, -0.2) is 14.6 Å². The molecule has 11 heteroatoms. The van der Waals surface area contributed by atoms with Gasteiger partial charge in [0.2, 0.25) is 5.91 Å². The van der Waals surface area contributed by atoms with Gasteiger partial charge in [0.15, 0.2) is 0 Å². The molecule has 32 heavy (non-hydrogen) atoms. The van der Waals surface area contributed by atoms with Gasteiger partial charge < -0.3 is 24.6 Å². The van der Waals surface area contributed by atoms with E-state index in [-0.39, 0.29) is 24.4 Å². The first-order valence-corrected chi connectivity index (χ1v) is 10.7. The maximum absolute atomic E-state index is 13.1. The second kappa shape index (κ2) is 9.17. The van der Waals surface area contributed by atoms with Gasteiger partial charge in [0.1, 0.15) is 17.5 Å². The zero-order valence-corrected chi connectivity index (χ0v) is 19.2. The number of imidazole rings is 1. The predicted octanol–water partition coefficient (Wildman–Crippen LogP) is 1.42. The van der Waals surface area contributed by atoms with Crippen LogP contribution in [0.3, 0.4) is 0 Å². The van der Waals surface area contributed by atoms with E-state index in [4.69, 9.17) is 4.74 Å². The van der Waals surface area contributed by atoms with Gasteiger partial charge in [-0.2, -0.15) is 0 Å². The molecule has 1 unspecified atom stereocenters. The van der Waals surface area contributed by atoms with Crippen molar-refractivity contribution in [2.75, 3.05) is 20.2 Å². The molecule has 2 aliphatic heterocycles. The Morgan fingerprint density at radius 1 is 1.25 bits per heavy atom. The van der Waals surface area contributed by atoms with Gasteiger partial charge in [-0.15, -0.1) is 0 Å². The number of fused-ring (bicyclic) bond motifs is 1. The predicted molar refractivity (Wildman–Crippen MR) is 113 cm³/mol. The van der Waals surface area contributed by atoms with Crippen molar-refractivity contribution in [1.82, 2.24) is 24.7 Å². The summed E-state index contributed by atoms with van der Waals surface area (Å²) in [7, 11) is 1.23. The minimum atomic E-state index is -1.09. The van der Waals surface area contributed by atoms with Crippen LogP contribution in [0, 0.1) is 6.92 Å². The van der Waals surface area contributed by atoms with Crippen LogP contribution in [0.15, 0.2) is 6.20 Å². The van der Waals surface area contributed by atoms with Crippen molar-refractivity contribution in [3.05, 3.63) is 17.7 Å². The molecule has 1 aromatic heterocycles. The Morgan fingerprint density at radius 3 is 2.47 bits per heavy atom. The highest BCUT2D eigenvalue weighted by atomic mass is 16.6. The Kier molecular flexibility index (Phi) is 6.75. The van der Waals surface area contributed by atoms with Crippen LogP contribution < -0.4 is 5.32 Å². The summed E-state index contributed by atoms with van der Waals surface area (Å²) >= 11 is 0. The van der Waals surface area contributed by atoms with Crippen molar-refractivity contribution in [2.24, 2.45) is 0 Å². The maximum Gasteiger partial charge on any atom is 0.408 e. The van der Waals surface area contributed by atoms with Crippen LogP contribution in [0.1, 0.15) is 51.6 Å². The number of piperidine rings is 1. The molecule has 0 radical (unpaired) electrons. The Hall–Kier alpha value is -3.11. The first kappa shape index (κ1) is 23.6. The molecule has 1 aromatic rings. The van der Waals surface area contributed by atoms with Gasteiger partial charge in [0.05, 0.1) is 32.0 Å². The molecule has 0 bridgehead atoms. The van der Waals surface area contributed by atoms with Crippen molar-refractivity contribution >= 4 is 24.0 Å². The fourth-order valence-electron chi connectivity index (χ4n) is 4.04. The van der Waals surface area contributed by atoms with Gasteiger partial charge in [-0.05, 0) is 40.5 Å². The van der Waals surface area contributed by atoms with Crippen molar-refractivity contribution in [2.45, 2.75) is 71.2 Å². The van der Waals surface area contributed by atoms with Crippen molar-refractivity contribution in [3.63, 3.8) is 0 Å². The monoisotopic (exact) mass is 449 g/mol. The lowest BCUT2D eigenvalue weighted by molar-refractivity contribution is -0.145. The van der Waals surface area contributed by atoms with Crippen molar-refractivity contribution in [3.8, 4) is 0 Å². The molecule has 2 aliphatic rings. The normalized spacial score (nSPS) is 17.7. The Balaban J connectivity index is 1.60. The fraction of sp³-hybridized carbons (Fsp3) is 0.667. The minimum Gasteiger partial charge on any atom is -0.469 e. The molecule has 3 amide bonds. The van der Waals surface area contributed by atoms with Gasteiger partial charge >= 0.3 is 18.1 Å². The highest BCUT2D eigenvalue weighted by Crippen LogP contribution is 2.26. The topological polar surface area (TPSA) is 123 Å². The molecular weight excluding hydrogens is 418 g/mol. The number of amides is 3. The van der Waals surface area contributed by atoms with Gasteiger partial charge in [0.25, 0.3) is 0 Å². The van der Waals surface area contributed by atoms with Crippen molar-refractivity contribution in [1.29, 1.82) is 0 Å². The van der Waals surface area contributed by atoms with Gasteiger partial charge in [-0.3, -0.25) is 14.2 Å². The summed E-state index contributed by atoms with van der Waals surface area (Å²) in [6.07, 6.45) is 1.85. The van der Waals surface area contributed by atoms with E-state index >= 15 is 0 Å². The van der Waals surface area contributed by atoms with E-state index in [0.717, 1.165) is 5.69 Å². The number of nitrogens with one attached hydrogen (secondary N) is 1. The number of nitrogens with zero attached hydrogens (tertiary/aromatic N) is 4. The van der Waals surface area contributed by atoms with E-state index in [1.54, 1.807) is 43.4 Å². The average Bonchev–Trinajstić information content (AvgIpc) is 3.25. The lowest BCUT2D eigenvalue weighted by Gasteiger charge is -2.37. The molecule has 1 fully saturated rings. The molecule has 0 aromatic carbocycles. The SMILES string of the molecule is COC(=O)CC(NC(=O)OC(C)(C)C)C(=O)N1CCC(N2Cc3cnc(C)n3C2=O)CC1. The summed E-state index contributed by atoms with van der Waals surface area (Å²) < 4.78 is 11.5. The number of hydrogen-bond acceptors (Lipinski definition) is 7. The van der Waals surface area contributed by atoms with Gasteiger partial charge in [0, 0.05) is 19.1 Å². The molecule has 11 nitrogen and oxygen atoms in total. The fourth-order valence-corrected chi connectivity index (χ4v) is 4.04. The average molecular weight is 450 g/mol. The van der Waals surface area contributed by atoms with E-state index in [2.05, 4.69) is 15.0 Å². The number of ether oxygens (including phenoxy) is 2. The summed E-state index contributed by atoms with van der Waals surface area (Å²) in [5, 5.41) is 2.50. The largest absolute Gasteiger partial charge is 0.469 e. The van der Waals surface area contributed by atoms with Crippen LogP contribution in [-0.2, 0) is 25.6 Å². The van der Waals surface area contributed by atoms with E-state index < -0.39 is 23.7 Å². The number of alkyl carbamates (subject to hydrolysis) is 1. The second-order valence-corrected chi connectivity index (χ2v) is 9.08. The third-order valence-electron chi connectivity index (χ3n) is 5.59. The Morgan fingerprint density at radius 2 is 1.91 bits per heavy atom. The first-order chi connectivity index (χ1) is 15.0. The third-order valence-corrected chi connectivity index (χ3v) is 5.59. The summed E-state index contributed by atoms with van der Waals surface area (Å²) in [6, 6.07) is -1.17. The molecule has 176 valence electrons. The summed E-state index contributed by atoms with van der Waals surface area (Å²) in [6.45, 7) is 8.25. The standard InChI is InChI=1S/C21H31N5O6/c1-13-22-11-15-12-25(20(30)26(13)15)14-6-8-24(9-7-14)18(28)16(10-17(27)31-5)23-19(29)32-21(2,3)4/h11,14,16H,6-10,12H2,1-5H3,(H,23,29). The highest BCUT2D eigenvalue weighted by Gasteiger charge is 2.38. The molecule has 0 saturated carbocycles. The van der Waals surface area contributed by atoms with Crippen LogP contribution in [-0.4, -0.2) is 81.2 Å². The van der Waals surface area contributed by atoms with E-state index in [0.29, 0.717) is 38.3 Å². The number of likely N-dealkylation sites (tertiary alicyclic amines) is 1. The molecule has 1 atom stereocenters. The van der Waals surface area contributed by atoms with Crippen LogP contribution in [0.4, 0.5) is 9.59 Å². The number of carbonyl (C=O) groups is 4. The zero-order valence-electron chi connectivity index (χ0n) is 19.2. The molecule has 1 saturated heterocycles. The second-order valence-electron chi connectivity index (χ2n) is 9.08. The number of rotatable bonds is 5. The smallest absolute Gasteiger partial charge is 0.408 e. The number of esters is 1. The zero-order chi connectivity index (χ0) is 23.6. The number of carbonyl (C=O) groups excluding carboxylic acids is 4.